The third kappa shape index (κ3) is 3.32. The lowest BCUT2D eigenvalue weighted by Crippen LogP contribution is -2.32. The van der Waals surface area contributed by atoms with E-state index in [0.29, 0.717) is 18.0 Å². The highest BCUT2D eigenvalue weighted by atomic mass is 16.3. The Bertz CT molecular complexity index is 675. The fraction of sp³-hybridized carbons (Fsp3) is 0.421. The Labute approximate surface area is 137 Å². The van der Waals surface area contributed by atoms with Gasteiger partial charge in [0, 0.05) is 30.3 Å². The van der Waals surface area contributed by atoms with Crippen LogP contribution in [0.5, 0.6) is 0 Å². The van der Waals surface area contributed by atoms with Crippen LogP contribution in [0.3, 0.4) is 0 Å². The van der Waals surface area contributed by atoms with E-state index in [4.69, 9.17) is 10.2 Å². The molecule has 1 aromatic carbocycles. The van der Waals surface area contributed by atoms with Crippen LogP contribution in [-0.2, 0) is 0 Å². The molecule has 3 rings (SSSR count). The number of carbonyl (C=O) groups is 1. The molecule has 1 saturated heterocycles. The van der Waals surface area contributed by atoms with Gasteiger partial charge in [0.25, 0.3) is 5.91 Å². The minimum Gasteiger partial charge on any atom is -0.461 e. The van der Waals surface area contributed by atoms with E-state index in [-0.39, 0.29) is 11.9 Å². The van der Waals surface area contributed by atoms with Crippen molar-refractivity contribution in [3.8, 4) is 11.3 Å². The first-order valence-electron chi connectivity index (χ1n) is 8.30. The predicted octanol–water partition coefficient (Wildman–Crippen LogP) is 3.45. The predicted molar refractivity (Wildman–Crippen MR) is 91.2 cm³/mol. The lowest BCUT2D eigenvalue weighted by molar-refractivity contribution is 0.0785. The van der Waals surface area contributed by atoms with Gasteiger partial charge < -0.3 is 15.1 Å². The van der Waals surface area contributed by atoms with Crippen LogP contribution < -0.4 is 5.73 Å². The minimum absolute atomic E-state index is 0.0706. The van der Waals surface area contributed by atoms with Gasteiger partial charge in [-0.3, -0.25) is 4.79 Å². The van der Waals surface area contributed by atoms with Gasteiger partial charge in [-0.2, -0.15) is 0 Å². The quantitative estimate of drug-likeness (QED) is 0.940. The summed E-state index contributed by atoms with van der Waals surface area (Å²) in [5, 5.41) is 0. The van der Waals surface area contributed by atoms with E-state index in [2.05, 4.69) is 6.92 Å². The summed E-state index contributed by atoms with van der Waals surface area (Å²) in [7, 11) is 0. The molecule has 2 aromatic rings. The summed E-state index contributed by atoms with van der Waals surface area (Å²) in [5.74, 6) is 2.21. The summed E-state index contributed by atoms with van der Waals surface area (Å²) in [5.41, 5.74) is 7.86. The Hall–Kier alpha value is -2.07. The third-order valence-corrected chi connectivity index (χ3v) is 4.60. The van der Waals surface area contributed by atoms with Crippen LogP contribution in [0.15, 0.2) is 40.8 Å². The first kappa shape index (κ1) is 15.8. The SMILES string of the molecule is CCC[C@H]1CN(C(=O)c2ccc(-c3ccc(C)o3)cc2)C[C@@H]1N. The molecule has 0 bridgehead atoms. The molecule has 2 heterocycles. The van der Waals surface area contributed by atoms with E-state index in [1.165, 1.54) is 0 Å². The van der Waals surface area contributed by atoms with Gasteiger partial charge in [-0.15, -0.1) is 0 Å². The van der Waals surface area contributed by atoms with Crippen LogP contribution in [0.25, 0.3) is 11.3 Å². The zero-order chi connectivity index (χ0) is 16.4. The molecule has 2 atom stereocenters. The third-order valence-electron chi connectivity index (χ3n) is 4.60. The lowest BCUT2D eigenvalue weighted by atomic mass is 9.99. The van der Waals surface area contributed by atoms with Gasteiger partial charge in [-0.25, -0.2) is 0 Å². The largest absolute Gasteiger partial charge is 0.461 e. The Morgan fingerprint density at radius 2 is 1.96 bits per heavy atom. The number of hydrogen-bond donors (Lipinski definition) is 1. The normalized spacial score (nSPS) is 20.9. The van der Waals surface area contributed by atoms with Crippen LogP contribution in [0.1, 0.15) is 35.9 Å². The molecule has 1 aliphatic rings. The number of hydrogen-bond acceptors (Lipinski definition) is 3. The standard InChI is InChI=1S/C19H24N2O2/c1-3-4-16-11-21(12-17(16)20)19(22)15-8-6-14(7-9-15)18-10-5-13(2)23-18/h5-10,16-17H,3-4,11-12,20H2,1-2H3/t16-,17-/m0/s1. The summed E-state index contributed by atoms with van der Waals surface area (Å²) in [6.45, 7) is 5.51. The van der Waals surface area contributed by atoms with Crippen molar-refractivity contribution >= 4 is 5.91 Å². The van der Waals surface area contributed by atoms with Gasteiger partial charge in [0.2, 0.25) is 0 Å². The Balaban J connectivity index is 1.71. The van der Waals surface area contributed by atoms with Gasteiger partial charge >= 0.3 is 0 Å². The molecule has 0 aliphatic carbocycles. The van der Waals surface area contributed by atoms with E-state index in [0.717, 1.165) is 36.5 Å². The van der Waals surface area contributed by atoms with Crippen molar-refractivity contribution in [1.82, 2.24) is 4.90 Å². The first-order valence-corrected chi connectivity index (χ1v) is 8.30. The highest BCUT2D eigenvalue weighted by molar-refractivity contribution is 5.94. The molecule has 23 heavy (non-hydrogen) atoms. The van der Waals surface area contributed by atoms with Crippen LogP contribution >= 0.6 is 0 Å². The van der Waals surface area contributed by atoms with Crippen LogP contribution in [0.2, 0.25) is 0 Å². The highest BCUT2D eigenvalue weighted by Gasteiger charge is 2.32. The second kappa shape index (κ2) is 6.59. The van der Waals surface area contributed by atoms with Gasteiger partial charge in [-0.05, 0) is 43.5 Å². The zero-order valence-electron chi connectivity index (χ0n) is 13.8. The van der Waals surface area contributed by atoms with Gasteiger partial charge in [-0.1, -0.05) is 25.5 Å². The molecule has 4 heteroatoms. The maximum atomic E-state index is 12.6. The van der Waals surface area contributed by atoms with Gasteiger partial charge in [0.05, 0.1) is 0 Å². The summed E-state index contributed by atoms with van der Waals surface area (Å²) < 4.78 is 5.61. The summed E-state index contributed by atoms with van der Waals surface area (Å²) in [6.07, 6.45) is 2.19. The van der Waals surface area contributed by atoms with E-state index >= 15 is 0 Å². The van der Waals surface area contributed by atoms with Crippen LogP contribution in [-0.4, -0.2) is 29.9 Å². The molecule has 1 aliphatic heterocycles. The fourth-order valence-corrected chi connectivity index (χ4v) is 3.29. The number of carbonyl (C=O) groups excluding carboxylic acids is 1. The molecule has 0 unspecified atom stereocenters. The fourth-order valence-electron chi connectivity index (χ4n) is 3.29. The first-order chi connectivity index (χ1) is 11.1. The number of likely N-dealkylation sites (tertiary alicyclic amines) is 1. The number of furan rings is 1. The molecule has 1 aromatic heterocycles. The Morgan fingerprint density at radius 1 is 1.22 bits per heavy atom. The van der Waals surface area contributed by atoms with Gasteiger partial charge in [0.1, 0.15) is 11.5 Å². The second-order valence-corrected chi connectivity index (χ2v) is 6.41. The molecule has 2 N–H and O–H groups in total. The summed E-state index contributed by atoms with van der Waals surface area (Å²) >= 11 is 0. The molecule has 0 spiro atoms. The molecule has 0 saturated carbocycles. The topological polar surface area (TPSA) is 59.5 Å². The average Bonchev–Trinajstić information content (AvgIpc) is 3.14. The van der Waals surface area contributed by atoms with Crippen molar-refractivity contribution in [3.05, 3.63) is 47.7 Å². The molecular formula is C19H24N2O2. The highest BCUT2D eigenvalue weighted by Crippen LogP contribution is 2.25. The smallest absolute Gasteiger partial charge is 0.253 e. The van der Waals surface area contributed by atoms with E-state index in [1.54, 1.807) is 0 Å². The van der Waals surface area contributed by atoms with E-state index in [9.17, 15) is 4.79 Å². The summed E-state index contributed by atoms with van der Waals surface area (Å²) in [6, 6.07) is 11.6. The van der Waals surface area contributed by atoms with Gasteiger partial charge in [0.15, 0.2) is 0 Å². The molecule has 4 nitrogen and oxygen atoms in total. The Morgan fingerprint density at radius 3 is 2.57 bits per heavy atom. The number of aryl methyl sites for hydroxylation is 1. The van der Waals surface area contributed by atoms with Crippen molar-refractivity contribution in [2.24, 2.45) is 11.7 Å². The number of rotatable bonds is 4. The van der Waals surface area contributed by atoms with E-state index < -0.39 is 0 Å². The maximum Gasteiger partial charge on any atom is 0.253 e. The monoisotopic (exact) mass is 312 g/mol. The zero-order valence-corrected chi connectivity index (χ0v) is 13.8. The molecular weight excluding hydrogens is 288 g/mol. The lowest BCUT2D eigenvalue weighted by Gasteiger charge is -2.16. The van der Waals surface area contributed by atoms with E-state index in [1.807, 2.05) is 48.2 Å². The maximum absolute atomic E-state index is 12.6. The van der Waals surface area contributed by atoms with Crippen molar-refractivity contribution in [1.29, 1.82) is 0 Å². The molecule has 0 radical (unpaired) electrons. The van der Waals surface area contributed by atoms with Crippen LogP contribution in [0, 0.1) is 12.8 Å². The van der Waals surface area contributed by atoms with Crippen molar-refractivity contribution in [2.45, 2.75) is 32.7 Å². The van der Waals surface area contributed by atoms with Crippen molar-refractivity contribution in [2.75, 3.05) is 13.1 Å². The second-order valence-electron chi connectivity index (χ2n) is 6.41. The Kier molecular flexibility index (Phi) is 4.53. The summed E-state index contributed by atoms with van der Waals surface area (Å²) in [4.78, 5) is 14.5. The van der Waals surface area contributed by atoms with Crippen molar-refractivity contribution < 1.29 is 9.21 Å². The number of benzene rings is 1. The minimum atomic E-state index is 0.0706. The van der Waals surface area contributed by atoms with Crippen LogP contribution in [0.4, 0.5) is 0 Å². The molecule has 1 amide bonds. The molecule has 1 fully saturated rings. The number of amides is 1. The number of nitrogens with two attached hydrogens (primary N) is 1. The number of nitrogens with zero attached hydrogens (tertiary/aromatic N) is 1. The average molecular weight is 312 g/mol. The van der Waals surface area contributed by atoms with Crippen molar-refractivity contribution in [3.63, 3.8) is 0 Å². The molecule has 122 valence electrons.